The minimum absolute atomic E-state index is 0.327. The summed E-state index contributed by atoms with van der Waals surface area (Å²) in [6.45, 7) is 1.20. The van der Waals surface area contributed by atoms with Gasteiger partial charge < -0.3 is 21.1 Å². The molecule has 22 heavy (non-hydrogen) atoms. The lowest BCUT2D eigenvalue weighted by atomic mass is 10.1. The van der Waals surface area contributed by atoms with E-state index in [0.717, 1.165) is 25.8 Å². The van der Waals surface area contributed by atoms with Gasteiger partial charge in [0.2, 0.25) is 17.8 Å². The van der Waals surface area contributed by atoms with Crippen molar-refractivity contribution in [2.45, 2.75) is 51.4 Å². The van der Waals surface area contributed by atoms with Gasteiger partial charge in [-0.25, -0.2) is 0 Å². The summed E-state index contributed by atoms with van der Waals surface area (Å²) in [5, 5.41) is 17.8. The van der Waals surface area contributed by atoms with Crippen molar-refractivity contribution in [2.24, 2.45) is 0 Å². The number of aliphatic hydroxyl groups excluding tert-OH is 1. The number of hydrogen-bond donors (Lipinski definition) is 4. The Labute approximate surface area is 133 Å². The van der Waals surface area contributed by atoms with Crippen LogP contribution in [0.2, 0.25) is 0 Å². The first kappa shape index (κ1) is 18.4. The third kappa shape index (κ3) is 7.97. The van der Waals surface area contributed by atoms with Crippen molar-refractivity contribution in [1.29, 1.82) is 0 Å². The van der Waals surface area contributed by atoms with Crippen molar-refractivity contribution in [1.82, 2.24) is 15.0 Å². The molecule has 0 aliphatic heterocycles. The van der Waals surface area contributed by atoms with Gasteiger partial charge in [-0.05, 0) is 12.8 Å². The number of hydrogen-bond acceptors (Lipinski definition) is 7. The fourth-order valence-corrected chi connectivity index (χ4v) is 2.18. The van der Waals surface area contributed by atoms with Crippen molar-refractivity contribution >= 4 is 17.8 Å². The van der Waals surface area contributed by atoms with Crippen molar-refractivity contribution in [2.75, 3.05) is 43.2 Å². The summed E-state index contributed by atoms with van der Waals surface area (Å²) in [6, 6.07) is 0. The molecule has 1 rings (SSSR count). The van der Waals surface area contributed by atoms with E-state index in [1.807, 2.05) is 0 Å². The maximum atomic E-state index is 8.70. The Hall–Kier alpha value is -1.63. The second-order valence-corrected chi connectivity index (χ2v) is 5.29. The number of aromatic nitrogens is 3. The van der Waals surface area contributed by atoms with E-state index in [0.29, 0.717) is 24.5 Å². The molecule has 0 saturated heterocycles. The molecule has 0 bridgehead atoms. The Bertz CT molecular complexity index is 379. The van der Waals surface area contributed by atoms with E-state index in [2.05, 4.69) is 30.9 Å². The largest absolute Gasteiger partial charge is 0.396 e. The van der Waals surface area contributed by atoms with E-state index in [-0.39, 0.29) is 0 Å². The van der Waals surface area contributed by atoms with Crippen molar-refractivity contribution in [3.63, 3.8) is 0 Å². The predicted octanol–water partition coefficient (Wildman–Crippen LogP) is 2.48. The van der Waals surface area contributed by atoms with Crippen LogP contribution in [-0.4, -0.2) is 47.3 Å². The van der Waals surface area contributed by atoms with Crippen LogP contribution in [-0.2, 0) is 0 Å². The van der Waals surface area contributed by atoms with Gasteiger partial charge in [0, 0.05) is 27.2 Å². The lowest BCUT2D eigenvalue weighted by molar-refractivity contribution is 0.282. The molecular weight excluding hydrogens is 280 g/mol. The van der Waals surface area contributed by atoms with Crippen LogP contribution >= 0.6 is 0 Å². The van der Waals surface area contributed by atoms with Crippen molar-refractivity contribution in [3.05, 3.63) is 0 Å². The quantitative estimate of drug-likeness (QED) is 0.416. The molecule has 4 N–H and O–H groups in total. The minimum atomic E-state index is 0.327. The number of nitrogens with zero attached hydrogens (tertiary/aromatic N) is 3. The predicted molar refractivity (Wildman–Crippen MR) is 91.4 cm³/mol. The Morgan fingerprint density at radius 3 is 1.64 bits per heavy atom. The first-order valence-electron chi connectivity index (χ1n) is 8.26. The lowest BCUT2D eigenvalue weighted by Crippen LogP contribution is -2.10. The third-order valence-electron chi connectivity index (χ3n) is 3.45. The third-order valence-corrected chi connectivity index (χ3v) is 3.45. The van der Waals surface area contributed by atoms with Gasteiger partial charge in [0.25, 0.3) is 0 Å². The Morgan fingerprint density at radius 1 is 0.682 bits per heavy atom. The van der Waals surface area contributed by atoms with E-state index in [1.54, 1.807) is 14.1 Å². The highest BCUT2D eigenvalue weighted by molar-refractivity contribution is 5.41. The van der Waals surface area contributed by atoms with Crippen LogP contribution in [0.25, 0.3) is 0 Å². The maximum absolute atomic E-state index is 8.70. The number of unbranched alkanes of at least 4 members (excludes halogenated alkanes) is 7. The topological polar surface area (TPSA) is 95.0 Å². The van der Waals surface area contributed by atoms with Crippen LogP contribution in [0.5, 0.6) is 0 Å². The van der Waals surface area contributed by atoms with Crippen LogP contribution in [0.4, 0.5) is 17.8 Å². The summed E-state index contributed by atoms with van der Waals surface area (Å²) in [4.78, 5) is 12.7. The molecule has 1 aromatic rings. The highest BCUT2D eigenvalue weighted by Crippen LogP contribution is 2.10. The highest BCUT2D eigenvalue weighted by Gasteiger charge is 2.03. The van der Waals surface area contributed by atoms with Crippen LogP contribution in [0, 0.1) is 0 Å². The van der Waals surface area contributed by atoms with Gasteiger partial charge in [-0.3, -0.25) is 0 Å². The van der Waals surface area contributed by atoms with Crippen LogP contribution in [0.15, 0.2) is 0 Å². The van der Waals surface area contributed by atoms with Gasteiger partial charge in [0.1, 0.15) is 0 Å². The highest BCUT2D eigenvalue weighted by atomic mass is 16.2. The molecular formula is C15H30N6O. The number of aliphatic hydroxyl groups is 1. The molecule has 126 valence electrons. The zero-order valence-corrected chi connectivity index (χ0v) is 13.9. The summed E-state index contributed by atoms with van der Waals surface area (Å²) in [5.74, 6) is 1.72. The van der Waals surface area contributed by atoms with Gasteiger partial charge in [-0.1, -0.05) is 38.5 Å². The lowest BCUT2D eigenvalue weighted by Gasteiger charge is -2.08. The molecule has 0 saturated carbocycles. The van der Waals surface area contributed by atoms with E-state index in [4.69, 9.17) is 5.11 Å². The molecule has 0 amide bonds. The average Bonchev–Trinajstić information content (AvgIpc) is 2.56. The normalized spacial score (nSPS) is 10.5. The molecule has 1 aromatic heterocycles. The molecule has 0 fully saturated rings. The zero-order chi connectivity index (χ0) is 16.0. The van der Waals surface area contributed by atoms with Crippen molar-refractivity contribution in [3.8, 4) is 0 Å². The molecule has 0 atom stereocenters. The smallest absolute Gasteiger partial charge is 0.229 e. The molecule has 7 nitrogen and oxygen atoms in total. The Balaban J connectivity index is 2.09. The molecule has 0 aliphatic rings. The first-order valence-corrected chi connectivity index (χ1v) is 8.26. The first-order chi connectivity index (χ1) is 10.8. The van der Waals surface area contributed by atoms with Crippen molar-refractivity contribution < 1.29 is 5.11 Å². The van der Waals surface area contributed by atoms with Gasteiger partial charge >= 0.3 is 0 Å². The molecule has 1 heterocycles. The Morgan fingerprint density at radius 2 is 1.14 bits per heavy atom. The summed E-state index contributed by atoms with van der Waals surface area (Å²) >= 11 is 0. The van der Waals surface area contributed by atoms with E-state index in [9.17, 15) is 0 Å². The summed E-state index contributed by atoms with van der Waals surface area (Å²) in [5.41, 5.74) is 0. The fraction of sp³-hybridized carbons (Fsp3) is 0.800. The zero-order valence-electron chi connectivity index (χ0n) is 13.9. The number of rotatable bonds is 13. The SMILES string of the molecule is CNc1nc(NC)nc(NCCCCCCCCCCO)n1. The maximum Gasteiger partial charge on any atom is 0.229 e. The van der Waals surface area contributed by atoms with Gasteiger partial charge in [-0.2, -0.15) is 15.0 Å². The average molecular weight is 310 g/mol. The number of anilines is 3. The number of nitrogens with one attached hydrogen (secondary N) is 3. The summed E-state index contributed by atoms with van der Waals surface area (Å²) in [6.07, 6.45) is 9.49. The minimum Gasteiger partial charge on any atom is -0.396 e. The second kappa shape index (κ2) is 12.0. The molecule has 0 aliphatic carbocycles. The molecule has 0 spiro atoms. The monoisotopic (exact) mass is 310 g/mol. The molecule has 0 unspecified atom stereocenters. The summed E-state index contributed by atoms with van der Waals surface area (Å²) < 4.78 is 0. The second-order valence-electron chi connectivity index (χ2n) is 5.29. The van der Waals surface area contributed by atoms with Crippen LogP contribution in [0.1, 0.15) is 51.4 Å². The fourth-order valence-electron chi connectivity index (χ4n) is 2.18. The molecule has 0 radical (unpaired) electrons. The van der Waals surface area contributed by atoms with E-state index in [1.165, 1.54) is 32.1 Å². The van der Waals surface area contributed by atoms with Gasteiger partial charge in [-0.15, -0.1) is 0 Å². The van der Waals surface area contributed by atoms with Gasteiger partial charge in [0.05, 0.1) is 0 Å². The molecule has 7 heteroatoms. The Kier molecular flexibility index (Phi) is 10.0. The molecule has 0 aromatic carbocycles. The van der Waals surface area contributed by atoms with Crippen LogP contribution in [0.3, 0.4) is 0 Å². The van der Waals surface area contributed by atoms with E-state index >= 15 is 0 Å². The van der Waals surface area contributed by atoms with Gasteiger partial charge in [0.15, 0.2) is 0 Å². The summed E-state index contributed by atoms with van der Waals surface area (Å²) in [7, 11) is 3.58. The standard InChI is InChI=1S/C15H30N6O/c1-16-13-19-14(17-2)21-15(20-13)18-11-9-7-5-3-4-6-8-10-12-22/h22H,3-12H2,1-2H3,(H3,16,17,18,19,20,21). The van der Waals surface area contributed by atoms with E-state index < -0.39 is 0 Å². The van der Waals surface area contributed by atoms with Crippen LogP contribution < -0.4 is 16.0 Å².